The molecule has 1 aromatic heterocycles. The number of benzene rings is 1. The fourth-order valence-electron chi connectivity index (χ4n) is 3.41. The van der Waals surface area contributed by atoms with Crippen molar-refractivity contribution in [1.82, 2.24) is 10.2 Å². The molecule has 0 aliphatic rings. The van der Waals surface area contributed by atoms with E-state index in [2.05, 4.69) is 43.2 Å². The van der Waals surface area contributed by atoms with Crippen LogP contribution < -0.4 is 24.8 Å². The Morgan fingerprint density at radius 3 is 2.06 bits per heavy atom. The molecule has 0 spiro atoms. The second kappa shape index (κ2) is 11.4. The summed E-state index contributed by atoms with van der Waals surface area (Å²) in [4.78, 5) is 27.4. The molecule has 2 N–H and O–H groups in total. The molecule has 0 bridgehead atoms. The highest BCUT2D eigenvalue weighted by molar-refractivity contribution is 6.06. The van der Waals surface area contributed by atoms with Gasteiger partial charge >= 0.3 is 0 Å². The Morgan fingerprint density at radius 1 is 0.906 bits per heavy atom. The maximum Gasteiger partial charge on any atom is 0.287 e. The highest BCUT2D eigenvalue weighted by atomic mass is 16.5. The molecular weight excluding hydrogens is 414 g/mol. The van der Waals surface area contributed by atoms with E-state index in [1.165, 1.54) is 39.5 Å². The summed E-state index contributed by atoms with van der Waals surface area (Å²) in [6, 6.07) is 6.87. The number of nitrogens with zero attached hydrogens (tertiary/aromatic N) is 1. The number of furan rings is 1. The van der Waals surface area contributed by atoms with Gasteiger partial charge in [0.2, 0.25) is 5.88 Å². The topological polar surface area (TPSA) is 102 Å². The molecule has 0 aliphatic heterocycles. The number of methoxy groups -OCH3 is 3. The van der Waals surface area contributed by atoms with Gasteiger partial charge in [-0.25, -0.2) is 0 Å². The fraction of sp³-hybridized carbons (Fsp3) is 0.478. The quantitative estimate of drug-likeness (QED) is 0.544. The summed E-state index contributed by atoms with van der Waals surface area (Å²) < 4.78 is 21.3. The van der Waals surface area contributed by atoms with Crippen LogP contribution in [0.4, 0.5) is 5.88 Å². The van der Waals surface area contributed by atoms with Crippen molar-refractivity contribution in [2.45, 2.75) is 39.8 Å². The number of carbonyl (C=O) groups excluding carboxylic acids is 2. The molecule has 0 saturated carbocycles. The zero-order valence-corrected chi connectivity index (χ0v) is 19.8. The van der Waals surface area contributed by atoms with Gasteiger partial charge < -0.3 is 23.9 Å². The van der Waals surface area contributed by atoms with Crippen molar-refractivity contribution in [3.05, 3.63) is 35.6 Å². The van der Waals surface area contributed by atoms with Crippen LogP contribution in [0, 0.1) is 0 Å². The number of nitrogens with one attached hydrogen (secondary N) is 2. The van der Waals surface area contributed by atoms with Crippen LogP contribution in [0.25, 0.3) is 0 Å². The summed E-state index contributed by atoms with van der Waals surface area (Å²) in [5.74, 6) is 0.559. The van der Waals surface area contributed by atoms with Crippen molar-refractivity contribution in [2.75, 3.05) is 39.7 Å². The van der Waals surface area contributed by atoms with Crippen molar-refractivity contribution < 1.29 is 28.2 Å². The zero-order valence-electron chi connectivity index (χ0n) is 19.8. The molecule has 0 aliphatic carbocycles. The lowest BCUT2D eigenvalue weighted by Gasteiger charge is -2.30. The van der Waals surface area contributed by atoms with Crippen molar-refractivity contribution in [3.63, 3.8) is 0 Å². The third-order valence-corrected chi connectivity index (χ3v) is 5.00. The molecule has 9 heteroatoms. The first-order valence-corrected chi connectivity index (χ1v) is 10.5. The standard InChI is InChI=1S/C23H33N3O6/c1-14(2)26(15(3)4)11-10-24-23(28)17-8-9-21(32-17)25-22(27)16-12-19(30-6)20(31-7)13-18(16)29-5/h8-9,12-15H,10-11H2,1-7H3,(H,24,28)(H,25,27). The molecule has 2 amide bonds. The van der Waals surface area contributed by atoms with Gasteiger partial charge in [0.1, 0.15) is 5.75 Å². The zero-order chi connectivity index (χ0) is 23.8. The van der Waals surface area contributed by atoms with E-state index in [0.717, 1.165) is 6.54 Å². The average molecular weight is 448 g/mol. The third kappa shape index (κ3) is 6.16. The fourth-order valence-corrected chi connectivity index (χ4v) is 3.41. The van der Waals surface area contributed by atoms with Gasteiger partial charge in [0, 0.05) is 43.4 Å². The molecule has 9 nitrogen and oxygen atoms in total. The van der Waals surface area contributed by atoms with Crippen LogP contribution >= 0.6 is 0 Å². The number of rotatable bonds is 11. The molecule has 1 aromatic carbocycles. The second-order valence-corrected chi connectivity index (χ2v) is 7.71. The highest BCUT2D eigenvalue weighted by Crippen LogP contribution is 2.35. The monoisotopic (exact) mass is 447 g/mol. The first-order valence-electron chi connectivity index (χ1n) is 10.5. The van der Waals surface area contributed by atoms with E-state index in [1.807, 2.05) is 0 Å². The molecule has 2 rings (SSSR count). The van der Waals surface area contributed by atoms with Crippen molar-refractivity contribution >= 4 is 17.7 Å². The molecule has 0 unspecified atom stereocenters. The Hall–Kier alpha value is -3.20. The molecule has 2 aromatic rings. The average Bonchev–Trinajstić information content (AvgIpc) is 3.23. The van der Waals surface area contributed by atoms with Gasteiger partial charge in [-0.3, -0.25) is 19.8 Å². The van der Waals surface area contributed by atoms with E-state index >= 15 is 0 Å². The van der Waals surface area contributed by atoms with Gasteiger partial charge in [0.25, 0.3) is 11.8 Å². The minimum Gasteiger partial charge on any atom is -0.496 e. The van der Waals surface area contributed by atoms with Crippen LogP contribution in [-0.2, 0) is 0 Å². The molecule has 0 saturated heterocycles. The minimum atomic E-state index is -0.478. The Balaban J connectivity index is 2.04. The maximum absolute atomic E-state index is 12.8. The third-order valence-electron chi connectivity index (χ3n) is 5.00. The van der Waals surface area contributed by atoms with Gasteiger partial charge in [0.15, 0.2) is 17.3 Å². The molecular formula is C23H33N3O6. The predicted molar refractivity (Wildman–Crippen MR) is 122 cm³/mol. The van der Waals surface area contributed by atoms with E-state index in [0.29, 0.717) is 35.9 Å². The van der Waals surface area contributed by atoms with Crippen molar-refractivity contribution in [1.29, 1.82) is 0 Å². The summed E-state index contributed by atoms with van der Waals surface area (Å²) in [7, 11) is 4.42. The first-order chi connectivity index (χ1) is 15.2. The van der Waals surface area contributed by atoms with Crippen molar-refractivity contribution in [3.8, 4) is 17.2 Å². The predicted octanol–water partition coefficient (Wildman–Crippen LogP) is 3.41. The van der Waals surface area contributed by atoms with Gasteiger partial charge in [-0.15, -0.1) is 0 Å². The van der Waals surface area contributed by atoms with Crippen LogP contribution in [0.3, 0.4) is 0 Å². The van der Waals surface area contributed by atoms with Crippen LogP contribution in [0.5, 0.6) is 17.2 Å². The molecule has 0 atom stereocenters. The van der Waals surface area contributed by atoms with Crippen LogP contribution in [0.1, 0.15) is 48.6 Å². The Bertz CT molecular complexity index is 914. The minimum absolute atomic E-state index is 0.111. The summed E-state index contributed by atoms with van der Waals surface area (Å²) >= 11 is 0. The maximum atomic E-state index is 12.8. The van der Waals surface area contributed by atoms with Gasteiger partial charge in [-0.2, -0.15) is 0 Å². The van der Waals surface area contributed by atoms with Gasteiger partial charge in [-0.1, -0.05) is 0 Å². The number of hydrogen-bond acceptors (Lipinski definition) is 7. The number of anilines is 1. The summed E-state index contributed by atoms with van der Waals surface area (Å²) in [5, 5.41) is 5.48. The Morgan fingerprint density at radius 2 is 1.50 bits per heavy atom. The lowest BCUT2D eigenvalue weighted by Crippen LogP contribution is -2.42. The van der Waals surface area contributed by atoms with Gasteiger partial charge in [-0.05, 0) is 33.8 Å². The Labute approximate surface area is 189 Å². The summed E-state index contributed by atoms with van der Waals surface area (Å²) in [6.07, 6.45) is 0. The Kier molecular flexibility index (Phi) is 8.95. The highest BCUT2D eigenvalue weighted by Gasteiger charge is 2.20. The number of ether oxygens (including phenoxy) is 3. The lowest BCUT2D eigenvalue weighted by molar-refractivity contribution is 0.0910. The van der Waals surface area contributed by atoms with E-state index in [1.54, 1.807) is 6.07 Å². The molecule has 32 heavy (non-hydrogen) atoms. The smallest absolute Gasteiger partial charge is 0.287 e. The van der Waals surface area contributed by atoms with Crippen LogP contribution in [-0.4, -0.2) is 63.2 Å². The summed E-state index contributed by atoms with van der Waals surface area (Å²) in [6.45, 7) is 9.70. The first kappa shape index (κ1) is 25.1. The van der Waals surface area contributed by atoms with E-state index in [-0.39, 0.29) is 23.1 Å². The molecule has 0 fully saturated rings. The molecule has 176 valence electrons. The SMILES string of the molecule is COc1cc(OC)c(C(=O)Nc2ccc(C(=O)NCCN(C(C)C)C(C)C)o2)cc1OC. The van der Waals surface area contributed by atoms with Crippen LogP contribution in [0.15, 0.2) is 28.7 Å². The second-order valence-electron chi connectivity index (χ2n) is 7.71. The number of hydrogen-bond donors (Lipinski definition) is 2. The molecule has 1 heterocycles. The van der Waals surface area contributed by atoms with E-state index < -0.39 is 5.91 Å². The largest absolute Gasteiger partial charge is 0.496 e. The van der Waals surface area contributed by atoms with E-state index in [4.69, 9.17) is 18.6 Å². The van der Waals surface area contributed by atoms with Crippen LogP contribution in [0.2, 0.25) is 0 Å². The normalized spacial score (nSPS) is 11.1. The summed E-state index contributed by atoms with van der Waals surface area (Å²) in [5.41, 5.74) is 0.231. The van der Waals surface area contributed by atoms with Gasteiger partial charge in [0.05, 0.1) is 26.9 Å². The van der Waals surface area contributed by atoms with E-state index in [9.17, 15) is 9.59 Å². The lowest BCUT2D eigenvalue weighted by atomic mass is 10.1. The number of carbonyl (C=O) groups is 2. The van der Waals surface area contributed by atoms with Crippen molar-refractivity contribution in [2.24, 2.45) is 0 Å². The number of amides is 2. The molecule has 0 radical (unpaired) electrons.